The monoisotopic (exact) mass is 519 g/mol. The van der Waals surface area contributed by atoms with Crippen molar-refractivity contribution in [3.8, 4) is 0 Å². The molecule has 4 heteroatoms. The van der Waals surface area contributed by atoms with E-state index >= 15 is 0 Å². The van der Waals surface area contributed by atoms with Crippen molar-refractivity contribution in [2.45, 2.75) is 0 Å². The first-order valence-corrected chi connectivity index (χ1v) is 3.48. The lowest BCUT2D eigenvalue weighted by molar-refractivity contribution is -0.00000249. The fraction of sp³-hybridized carbons (Fsp3) is 0.333. The van der Waals surface area contributed by atoms with Gasteiger partial charge in [-0.25, -0.2) is 0 Å². The highest BCUT2D eigenvalue weighted by molar-refractivity contribution is 14.0. The van der Waals surface area contributed by atoms with Gasteiger partial charge in [-0.1, -0.05) is 18.2 Å². The molecule has 1 aromatic rings. The molecule has 0 N–H and O–H groups in total. The smallest absolute Gasteiger partial charge is 0.132 e. The van der Waals surface area contributed by atoms with E-state index in [9.17, 15) is 0 Å². The Hall–Kier alpha value is 1.37. The largest absolute Gasteiger partial charge is 1.00 e. The van der Waals surface area contributed by atoms with Crippen molar-refractivity contribution in [3.05, 3.63) is 30.3 Å². The van der Waals surface area contributed by atoms with Gasteiger partial charge >= 0.3 is 0 Å². The van der Waals surface area contributed by atoms with Crippen molar-refractivity contribution in [1.82, 2.24) is 4.48 Å². The minimum atomic E-state index is 0. The van der Waals surface area contributed by atoms with E-state index in [1.165, 1.54) is 5.69 Å². The Morgan fingerprint density at radius 3 is 1.46 bits per heavy atom. The molecule has 1 nitrogen and oxygen atoms in total. The Labute approximate surface area is 132 Å². The maximum absolute atomic E-state index is 2.16. The molecule has 1 rings (SSSR count). The number of hydrogen-bond acceptors (Lipinski definition) is 0. The van der Waals surface area contributed by atoms with Gasteiger partial charge in [-0.15, -0.1) is 48.0 Å². The van der Waals surface area contributed by atoms with Crippen molar-refractivity contribution in [1.29, 1.82) is 0 Å². The number of quaternary nitrogens is 1. The summed E-state index contributed by atoms with van der Waals surface area (Å²) in [5.41, 5.74) is 1.34. The molecular weight excluding hydrogens is 503 g/mol. The lowest BCUT2D eigenvalue weighted by Crippen LogP contribution is -3.00. The van der Waals surface area contributed by atoms with Gasteiger partial charge in [0, 0.05) is 0 Å². The summed E-state index contributed by atoms with van der Waals surface area (Å²) in [4.78, 5) is 0. The molecule has 0 heterocycles. The van der Waals surface area contributed by atoms with Gasteiger partial charge in [-0.2, -0.15) is 0 Å². The van der Waals surface area contributed by atoms with Crippen LogP contribution in [0.5, 0.6) is 0 Å². The second-order valence-electron chi connectivity index (χ2n) is 3.35. The first kappa shape index (κ1) is 19.9. The zero-order valence-corrected chi connectivity index (χ0v) is 14.8. The average molecular weight is 519 g/mol. The highest BCUT2D eigenvalue weighted by atomic mass is 127. The summed E-state index contributed by atoms with van der Waals surface area (Å²) < 4.78 is 0.890. The fourth-order valence-electron chi connectivity index (χ4n) is 0.875. The lowest BCUT2D eigenvalue weighted by Gasteiger charge is -2.22. The maximum atomic E-state index is 2.16. The Morgan fingerprint density at radius 1 is 0.846 bits per heavy atom. The van der Waals surface area contributed by atoms with Gasteiger partial charge in [0.1, 0.15) is 5.69 Å². The third-order valence-corrected chi connectivity index (χ3v) is 1.53. The SMILES string of the molecule is C[N+](C)(C)c1ccccc1.I.I.[I-]. The number of hydrogen-bond donors (Lipinski definition) is 0. The zero-order valence-electron chi connectivity index (χ0n) is 8.03. The van der Waals surface area contributed by atoms with Crippen LogP contribution in [0.1, 0.15) is 0 Å². The van der Waals surface area contributed by atoms with Crippen LogP contribution in [0.4, 0.5) is 5.69 Å². The molecule has 0 saturated heterocycles. The molecule has 0 aromatic heterocycles. The normalized spacial score (nSPS) is 8.85. The molecule has 0 unspecified atom stereocenters. The molecule has 78 valence electrons. The van der Waals surface area contributed by atoms with E-state index in [-0.39, 0.29) is 71.9 Å². The molecule has 0 atom stereocenters. The van der Waals surface area contributed by atoms with Gasteiger partial charge in [-0.3, -0.25) is 4.48 Å². The van der Waals surface area contributed by atoms with Crippen molar-refractivity contribution in [2.75, 3.05) is 21.1 Å². The van der Waals surface area contributed by atoms with Crippen LogP contribution in [-0.2, 0) is 0 Å². The van der Waals surface area contributed by atoms with Crippen LogP contribution in [0, 0.1) is 0 Å². The quantitative estimate of drug-likeness (QED) is 0.366. The van der Waals surface area contributed by atoms with E-state index in [0.29, 0.717) is 0 Å². The number of nitrogens with zero attached hydrogens (tertiary/aromatic N) is 1. The summed E-state index contributed by atoms with van der Waals surface area (Å²) in [6, 6.07) is 10.5. The predicted molar refractivity (Wildman–Crippen MR) is 76.8 cm³/mol. The van der Waals surface area contributed by atoms with Crippen LogP contribution in [0.25, 0.3) is 0 Å². The van der Waals surface area contributed by atoms with Crippen LogP contribution in [0.2, 0.25) is 0 Å². The summed E-state index contributed by atoms with van der Waals surface area (Å²) in [6.45, 7) is 0. The van der Waals surface area contributed by atoms with Gasteiger partial charge in [-0.05, 0) is 12.1 Å². The molecule has 0 fully saturated rings. The summed E-state index contributed by atoms with van der Waals surface area (Å²) in [5.74, 6) is 0. The maximum Gasteiger partial charge on any atom is 0.132 e. The van der Waals surface area contributed by atoms with E-state index in [1.807, 2.05) is 6.07 Å². The Kier molecular flexibility index (Phi) is 13.2. The van der Waals surface area contributed by atoms with E-state index in [4.69, 9.17) is 0 Å². The number of benzene rings is 1. The number of para-hydroxylation sites is 1. The molecule has 1 aromatic carbocycles. The van der Waals surface area contributed by atoms with Crippen molar-refractivity contribution in [2.24, 2.45) is 0 Å². The summed E-state index contributed by atoms with van der Waals surface area (Å²) in [7, 11) is 6.49. The highest BCUT2D eigenvalue weighted by Gasteiger charge is 2.08. The van der Waals surface area contributed by atoms with Crippen LogP contribution in [0.15, 0.2) is 30.3 Å². The Bertz CT molecular complexity index is 206. The van der Waals surface area contributed by atoms with Crippen LogP contribution in [0.3, 0.4) is 0 Å². The Morgan fingerprint density at radius 2 is 1.23 bits per heavy atom. The van der Waals surface area contributed by atoms with Gasteiger partial charge in [0.05, 0.1) is 21.1 Å². The second kappa shape index (κ2) is 8.66. The molecular formula is C9H16I3N. The van der Waals surface area contributed by atoms with Gasteiger partial charge in [0.25, 0.3) is 0 Å². The highest BCUT2D eigenvalue weighted by Crippen LogP contribution is 2.14. The molecule has 0 bridgehead atoms. The zero-order chi connectivity index (χ0) is 7.61. The van der Waals surface area contributed by atoms with Gasteiger partial charge in [0.15, 0.2) is 0 Å². The molecule has 0 aliphatic rings. The topological polar surface area (TPSA) is 0 Å². The summed E-state index contributed by atoms with van der Waals surface area (Å²) in [5, 5.41) is 0. The minimum absolute atomic E-state index is 0. The Balaban J connectivity index is -0.000000333. The first-order valence-electron chi connectivity index (χ1n) is 3.48. The molecule has 0 amide bonds. The molecule has 0 saturated carbocycles. The molecule has 0 spiro atoms. The third kappa shape index (κ3) is 7.32. The molecule has 0 radical (unpaired) electrons. The van der Waals surface area contributed by atoms with Crippen molar-refractivity contribution < 1.29 is 24.0 Å². The number of halogens is 3. The molecule has 0 aliphatic heterocycles. The molecule has 0 aliphatic carbocycles. The minimum Gasteiger partial charge on any atom is -1.00 e. The summed E-state index contributed by atoms with van der Waals surface area (Å²) >= 11 is 0. The van der Waals surface area contributed by atoms with E-state index < -0.39 is 0 Å². The van der Waals surface area contributed by atoms with Crippen LogP contribution >= 0.6 is 48.0 Å². The third-order valence-electron chi connectivity index (χ3n) is 1.53. The first-order chi connectivity index (χ1) is 4.61. The van der Waals surface area contributed by atoms with Crippen molar-refractivity contribution >= 4 is 53.6 Å². The fourth-order valence-corrected chi connectivity index (χ4v) is 0.875. The predicted octanol–water partition coefficient (Wildman–Crippen LogP) is 0.123. The van der Waals surface area contributed by atoms with E-state index in [0.717, 1.165) is 4.48 Å². The summed E-state index contributed by atoms with van der Waals surface area (Å²) in [6.07, 6.45) is 0. The lowest BCUT2D eigenvalue weighted by atomic mass is 10.3. The average Bonchev–Trinajstić information content (AvgIpc) is 1.88. The van der Waals surface area contributed by atoms with E-state index in [1.54, 1.807) is 0 Å². The number of rotatable bonds is 1. The molecule has 13 heavy (non-hydrogen) atoms. The van der Waals surface area contributed by atoms with Gasteiger partial charge in [0.2, 0.25) is 0 Å². The van der Waals surface area contributed by atoms with Crippen molar-refractivity contribution in [3.63, 3.8) is 0 Å². The van der Waals surface area contributed by atoms with Crippen LogP contribution < -0.4 is 28.5 Å². The van der Waals surface area contributed by atoms with E-state index in [2.05, 4.69) is 45.4 Å². The second-order valence-corrected chi connectivity index (χ2v) is 3.35. The van der Waals surface area contributed by atoms with Crippen LogP contribution in [-0.4, -0.2) is 21.1 Å². The van der Waals surface area contributed by atoms with Gasteiger partial charge < -0.3 is 24.0 Å². The standard InChI is InChI=1S/C9H14N.3HI/c1-10(2,3)9-7-5-4-6-8-9;;;/h4-8H,1-3H3;3*1H/q+1;;;/p-1.